The van der Waals surface area contributed by atoms with Crippen LogP contribution in [-0.2, 0) is 0 Å². The Bertz CT molecular complexity index is 1040. The number of hydrogen-bond donors (Lipinski definition) is 0. The zero-order valence-electron chi connectivity index (χ0n) is 21.1. The van der Waals surface area contributed by atoms with Gasteiger partial charge in [0.05, 0.1) is 11.4 Å². The number of anilines is 2. The average Bonchev–Trinajstić information content (AvgIpc) is 2.88. The van der Waals surface area contributed by atoms with Crippen LogP contribution in [0.25, 0.3) is 0 Å². The van der Waals surface area contributed by atoms with E-state index in [1.807, 2.05) is 23.5 Å². The summed E-state index contributed by atoms with van der Waals surface area (Å²) in [7, 11) is 0. The highest BCUT2D eigenvalue weighted by Gasteiger charge is 2.50. The molecule has 2 aromatic carbocycles. The first kappa shape index (κ1) is 23.0. The fraction of sp³-hybridized carbons (Fsp3) is 0.600. The monoisotopic (exact) mass is 505 g/mol. The van der Waals surface area contributed by atoms with Crippen molar-refractivity contribution in [1.82, 2.24) is 9.80 Å². The molecule has 0 amide bonds. The van der Waals surface area contributed by atoms with Crippen molar-refractivity contribution in [2.75, 3.05) is 50.4 Å². The van der Waals surface area contributed by atoms with Crippen molar-refractivity contribution < 1.29 is 0 Å². The largest absolute Gasteiger partial charge is 0.340 e. The number of hydrogen-bond acceptors (Lipinski definition) is 5. The smallest absolute Gasteiger partial charge is 0.0564 e. The topological polar surface area (TPSA) is 9.72 Å². The van der Waals surface area contributed by atoms with Crippen molar-refractivity contribution in [2.45, 2.75) is 59.3 Å². The number of thioether (sulfide) groups is 1. The molecule has 0 atom stereocenters. The van der Waals surface area contributed by atoms with E-state index in [-0.39, 0.29) is 0 Å². The molecule has 0 aromatic heterocycles. The van der Waals surface area contributed by atoms with Gasteiger partial charge in [-0.05, 0) is 105 Å². The van der Waals surface area contributed by atoms with Crippen LogP contribution in [0.2, 0.25) is 0 Å². The van der Waals surface area contributed by atoms with E-state index >= 15 is 0 Å². The lowest BCUT2D eigenvalue weighted by Crippen LogP contribution is -2.60. The van der Waals surface area contributed by atoms with E-state index in [1.165, 1.54) is 65.2 Å². The van der Waals surface area contributed by atoms with Gasteiger partial charge in [-0.3, -0.25) is 4.90 Å². The molecule has 4 saturated carbocycles. The number of piperazine rings is 1. The Morgan fingerprint density at radius 3 is 2.26 bits per heavy atom. The van der Waals surface area contributed by atoms with Crippen LogP contribution >= 0.6 is 23.5 Å². The molecule has 0 unspecified atom stereocenters. The van der Waals surface area contributed by atoms with E-state index in [1.54, 1.807) is 32.1 Å². The zero-order valence-corrected chi connectivity index (χ0v) is 22.7. The highest BCUT2D eigenvalue weighted by molar-refractivity contribution is 8.00. The van der Waals surface area contributed by atoms with Gasteiger partial charge in [0.1, 0.15) is 0 Å². The van der Waals surface area contributed by atoms with E-state index in [0.29, 0.717) is 0 Å². The van der Waals surface area contributed by atoms with Crippen LogP contribution in [0.5, 0.6) is 0 Å². The molecular weight excluding hydrogens is 466 g/mol. The third-order valence-corrected chi connectivity index (χ3v) is 11.6. The lowest BCUT2D eigenvalue weighted by atomic mass is 9.54. The molecule has 35 heavy (non-hydrogen) atoms. The van der Waals surface area contributed by atoms with Gasteiger partial charge >= 0.3 is 0 Å². The van der Waals surface area contributed by atoms with E-state index in [0.717, 1.165) is 36.3 Å². The molecule has 2 aliphatic heterocycles. The summed E-state index contributed by atoms with van der Waals surface area (Å²) in [6, 6.07) is 16.9. The highest BCUT2D eigenvalue weighted by Crippen LogP contribution is 2.55. The van der Waals surface area contributed by atoms with Crippen LogP contribution in [0, 0.1) is 23.7 Å². The highest BCUT2D eigenvalue weighted by atomic mass is 32.2. The second kappa shape index (κ2) is 9.63. The Labute approximate surface area is 220 Å². The summed E-state index contributed by atoms with van der Waals surface area (Å²) in [6.45, 7) is 7.45. The molecule has 0 N–H and O–H groups in total. The number of para-hydroxylation sites is 1. The first-order valence-electron chi connectivity index (χ1n) is 13.9. The van der Waals surface area contributed by atoms with E-state index in [9.17, 15) is 0 Å². The number of nitrogens with zero attached hydrogens (tertiary/aromatic N) is 3. The molecule has 2 heterocycles. The molecule has 4 bridgehead atoms. The van der Waals surface area contributed by atoms with Crippen LogP contribution in [0.4, 0.5) is 11.4 Å². The fourth-order valence-corrected chi connectivity index (χ4v) is 9.92. The van der Waals surface area contributed by atoms with Gasteiger partial charge in [-0.1, -0.05) is 23.9 Å². The molecule has 186 valence electrons. The second-order valence-corrected chi connectivity index (χ2v) is 13.7. The number of benzene rings is 2. The van der Waals surface area contributed by atoms with Crippen LogP contribution in [0.1, 0.15) is 38.5 Å². The third-order valence-electron chi connectivity index (χ3n) is 9.69. The van der Waals surface area contributed by atoms with Crippen molar-refractivity contribution >= 4 is 34.9 Å². The van der Waals surface area contributed by atoms with Gasteiger partial charge in [0.15, 0.2) is 0 Å². The normalized spacial score (nSPS) is 32.0. The molecule has 8 rings (SSSR count). The maximum atomic E-state index is 2.93. The standard InChI is InChI=1S/C30H39N3S2/c1-34-25-7-8-29-27(20-25)33(26-5-2-3-6-28(26)35-29)10-4-9-31-11-13-32(14-12-31)30-23-16-21-15-22(18-23)19-24(30)17-21/h2-3,5-8,20-24,30H,4,9-19H2,1H3. The van der Waals surface area contributed by atoms with Gasteiger partial charge in [0, 0.05) is 53.5 Å². The molecule has 5 fully saturated rings. The summed E-state index contributed by atoms with van der Waals surface area (Å²) < 4.78 is 0. The van der Waals surface area contributed by atoms with Gasteiger partial charge in [0.25, 0.3) is 0 Å². The summed E-state index contributed by atoms with van der Waals surface area (Å²) in [6.07, 6.45) is 11.2. The second-order valence-electron chi connectivity index (χ2n) is 11.7. The quantitative estimate of drug-likeness (QED) is 0.396. The average molecular weight is 506 g/mol. The summed E-state index contributed by atoms with van der Waals surface area (Å²) in [4.78, 5) is 12.4. The minimum atomic E-state index is 0.925. The maximum absolute atomic E-state index is 2.93. The SMILES string of the molecule is CSc1ccc2c(c1)N(CCCN1CCN(C3C4CC5CC(C4)CC3C5)CC1)c1ccccc1S2. The molecular formula is C30H39N3S2. The van der Waals surface area contributed by atoms with E-state index < -0.39 is 0 Å². The maximum Gasteiger partial charge on any atom is 0.0564 e. The number of rotatable bonds is 6. The van der Waals surface area contributed by atoms with Crippen molar-refractivity contribution in [3.63, 3.8) is 0 Å². The lowest BCUT2D eigenvalue weighted by molar-refractivity contribution is -0.0763. The van der Waals surface area contributed by atoms with Gasteiger partial charge in [0.2, 0.25) is 0 Å². The van der Waals surface area contributed by atoms with Crippen LogP contribution in [0.3, 0.4) is 0 Å². The predicted molar refractivity (Wildman–Crippen MR) is 149 cm³/mol. The molecule has 2 aromatic rings. The first-order chi connectivity index (χ1) is 17.2. The van der Waals surface area contributed by atoms with Gasteiger partial charge in [-0.25, -0.2) is 0 Å². The van der Waals surface area contributed by atoms with Gasteiger partial charge in [-0.15, -0.1) is 11.8 Å². The molecule has 1 saturated heterocycles. The molecule has 3 nitrogen and oxygen atoms in total. The molecule has 0 radical (unpaired) electrons. The first-order valence-corrected chi connectivity index (χ1v) is 16.0. The summed E-state index contributed by atoms with van der Waals surface area (Å²) in [5.74, 6) is 4.23. The Balaban J connectivity index is 0.973. The zero-order chi connectivity index (χ0) is 23.4. The predicted octanol–water partition coefficient (Wildman–Crippen LogP) is 6.84. The Morgan fingerprint density at radius 2 is 1.51 bits per heavy atom. The summed E-state index contributed by atoms with van der Waals surface area (Å²) in [5, 5.41) is 0. The molecule has 5 heteroatoms. The van der Waals surface area contributed by atoms with Crippen LogP contribution in [0.15, 0.2) is 57.2 Å². The minimum Gasteiger partial charge on any atom is -0.340 e. The Hall–Kier alpha value is -1.14. The van der Waals surface area contributed by atoms with E-state index in [4.69, 9.17) is 0 Å². The molecule has 0 spiro atoms. The third kappa shape index (κ3) is 4.35. The van der Waals surface area contributed by atoms with E-state index in [2.05, 4.69) is 63.4 Å². The van der Waals surface area contributed by atoms with Gasteiger partial charge in [-0.2, -0.15) is 0 Å². The molecule has 6 aliphatic rings. The van der Waals surface area contributed by atoms with Crippen molar-refractivity contribution in [3.8, 4) is 0 Å². The summed E-state index contributed by atoms with van der Waals surface area (Å²) >= 11 is 3.77. The van der Waals surface area contributed by atoms with Crippen molar-refractivity contribution in [3.05, 3.63) is 42.5 Å². The Kier molecular flexibility index (Phi) is 6.33. The Morgan fingerprint density at radius 1 is 0.800 bits per heavy atom. The fourth-order valence-electron chi connectivity index (χ4n) is 8.41. The number of fused-ring (bicyclic) bond motifs is 2. The van der Waals surface area contributed by atoms with Crippen molar-refractivity contribution in [2.24, 2.45) is 23.7 Å². The lowest BCUT2D eigenvalue weighted by Gasteiger charge is -2.58. The van der Waals surface area contributed by atoms with Crippen LogP contribution < -0.4 is 4.90 Å². The minimum absolute atomic E-state index is 0.925. The molecule has 4 aliphatic carbocycles. The summed E-state index contributed by atoms with van der Waals surface area (Å²) in [5.41, 5.74) is 2.78. The van der Waals surface area contributed by atoms with Crippen LogP contribution in [-0.4, -0.2) is 61.4 Å². The van der Waals surface area contributed by atoms with Crippen molar-refractivity contribution in [1.29, 1.82) is 0 Å². The van der Waals surface area contributed by atoms with Gasteiger partial charge < -0.3 is 9.80 Å².